The highest BCUT2D eigenvalue weighted by Gasteiger charge is 2.25. The van der Waals surface area contributed by atoms with Crippen LogP contribution in [0.5, 0.6) is 0 Å². The number of hydrogen-bond acceptors (Lipinski definition) is 4. The van der Waals surface area contributed by atoms with Gasteiger partial charge >= 0.3 is 5.69 Å². The van der Waals surface area contributed by atoms with E-state index in [1.807, 2.05) is 55.1 Å². The lowest BCUT2D eigenvalue weighted by Gasteiger charge is -2.31. The van der Waals surface area contributed by atoms with Crippen molar-refractivity contribution in [1.82, 2.24) is 24.2 Å². The third kappa shape index (κ3) is 4.19. The maximum Gasteiger partial charge on any atom is 0.345 e. The molecule has 0 saturated carbocycles. The van der Waals surface area contributed by atoms with Gasteiger partial charge in [0.05, 0.1) is 12.6 Å². The van der Waals surface area contributed by atoms with Gasteiger partial charge in [0, 0.05) is 32.4 Å². The first kappa shape index (κ1) is 19.5. The molecule has 0 N–H and O–H groups in total. The molecule has 1 atom stereocenters. The highest BCUT2D eigenvalue weighted by Crippen LogP contribution is 2.29. The van der Waals surface area contributed by atoms with Crippen LogP contribution in [0.25, 0.3) is 0 Å². The summed E-state index contributed by atoms with van der Waals surface area (Å²) < 4.78 is 2.71. The number of hydrogen-bond donors (Lipinski definition) is 0. The number of aromatic nitrogens is 4. The quantitative estimate of drug-likeness (QED) is 0.631. The average molecular weight is 379 g/mol. The van der Waals surface area contributed by atoms with Crippen LogP contribution in [0.15, 0.2) is 59.9 Å². The van der Waals surface area contributed by atoms with E-state index in [0.29, 0.717) is 6.54 Å². The third-order valence-corrected chi connectivity index (χ3v) is 4.79. The van der Waals surface area contributed by atoms with Gasteiger partial charge in [0.15, 0.2) is 0 Å². The maximum atomic E-state index is 13.1. The molecule has 0 aliphatic heterocycles. The number of amides is 1. The van der Waals surface area contributed by atoms with E-state index in [2.05, 4.69) is 10.1 Å². The molecular formula is C21H25N5O2. The fraction of sp³-hybridized carbons (Fsp3) is 0.333. The Morgan fingerprint density at radius 3 is 2.50 bits per heavy atom. The Bertz CT molecular complexity index is 976. The van der Waals surface area contributed by atoms with Gasteiger partial charge in [-0.25, -0.2) is 9.48 Å². The molecule has 7 heteroatoms. The minimum atomic E-state index is -0.229. The van der Waals surface area contributed by atoms with Crippen LogP contribution in [-0.4, -0.2) is 36.7 Å². The smallest absolute Gasteiger partial charge is 0.332 e. The summed E-state index contributed by atoms with van der Waals surface area (Å²) in [6, 6.07) is 11.8. The number of pyridine rings is 1. The minimum Gasteiger partial charge on any atom is -0.332 e. The SMILES string of the molecule is CCN(C(=O)CCn1ncn(C)c1=O)C(c1ccc(C)cc1)c1cccnc1. The molecule has 3 aromatic rings. The lowest BCUT2D eigenvalue weighted by Crippen LogP contribution is -2.36. The zero-order valence-corrected chi connectivity index (χ0v) is 16.4. The summed E-state index contributed by atoms with van der Waals surface area (Å²) >= 11 is 0. The van der Waals surface area contributed by atoms with Crippen LogP contribution < -0.4 is 5.69 Å². The second-order valence-corrected chi connectivity index (χ2v) is 6.78. The van der Waals surface area contributed by atoms with Gasteiger partial charge in [-0.05, 0) is 31.0 Å². The Kier molecular flexibility index (Phi) is 6.03. The van der Waals surface area contributed by atoms with E-state index in [1.54, 1.807) is 19.4 Å². The van der Waals surface area contributed by atoms with Crippen LogP contribution in [0, 0.1) is 6.92 Å². The van der Waals surface area contributed by atoms with Gasteiger partial charge in [-0.3, -0.25) is 14.3 Å². The fourth-order valence-electron chi connectivity index (χ4n) is 3.26. The second kappa shape index (κ2) is 8.65. The molecule has 2 aromatic heterocycles. The topological polar surface area (TPSA) is 73.0 Å². The predicted molar refractivity (Wildman–Crippen MR) is 107 cm³/mol. The first-order valence-corrected chi connectivity index (χ1v) is 9.35. The van der Waals surface area contributed by atoms with Gasteiger partial charge < -0.3 is 4.90 Å². The fourth-order valence-corrected chi connectivity index (χ4v) is 3.26. The van der Waals surface area contributed by atoms with Gasteiger partial charge in [-0.15, -0.1) is 0 Å². The summed E-state index contributed by atoms with van der Waals surface area (Å²) in [7, 11) is 1.64. The summed E-state index contributed by atoms with van der Waals surface area (Å²) in [4.78, 5) is 31.1. The van der Waals surface area contributed by atoms with Crippen molar-refractivity contribution in [2.45, 2.75) is 32.9 Å². The van der Waals surface area contributed by atoms with Gasteiger partial charge in [0.25, 0.3) is 0 Å². The molecule has 0 radical (unpaired) electrons. The van der Waals surface area contributed by atoms with Crippen molar-refractivity contribution in [3.8, 4) is 0 Å². The van der Waals surface area contributed by atoms with Crippen molar-refractivity contribution in [2.75, 3.05) is 6.54 Å². The zero-order valence-electron chi connectivity index (χ0n) is 16.4. The first-order valence-electron chi connectivity index (χ1n) is 9.35. The van der Waals surface area contributed by atoms with Crippen molar-refractivity contribution in [3.63, 3.8) is 0 Å². The second-order valence-electron chi connectivity index (χ2n) is 6.78. The number of rotatable bonds is 7. The molecule has 0 aliphatic rings. The van der Waals surface area contributed by atoms with E-state index in [9.17, 15) is 9.59 Å². The van der Waals surface area contributed by atoms with Crippen LogP contribution in [0.2, 0.25) is 0 Å². The molecule has 28 heavy (non-hydrogen) atoms. The summed E-state index contributed by atoms with van der Waals surface area (Å²) in [5, 5.41) is 4.03. The number of nitrogens with zero attached hydrogens (tertiary/aromatic N) is 5. The van der Waals surface area contributed by atoms with Crippen LogP contribution in [0.1, 0.15) is 36.1 Å². The lowest BCUT2D eigenvalue weighted by molar-refractivity contribution is -0.133. The molecule has 0 fully saturated rings. The molecule has 1 amide bonds. The van der Waals surface area contributed by atoms with Gasteiger partial charge in [0.2, 0.25) is 5.91 Å². The van der Waals surface area contributed by atoms with Crippen LogP contribution in [0.3, 0.4) is 0 Å². The number of aryl methyl sites for hydroxylation is 3. The van der Waals surface area contributed by atoms with Crippen LogP contribution in [0.4, 0.5) is 0 Å². The first-order chi connectivity index (χ1) is 13.5. The van der Waals surface area contributed by atoms with Crippen molar-refractivity contribution in [1.29, 1.82) is 0 Å². The van der Waals surface area contributed by atoms with Gasteiger partial charge in [-0.2, -0.15) is 5.10 Å². The van der Waals surface area contributed by atoms with E-state index in [4.69, 9.17) is 0 Å². The monoisotopic (exact) mass is 379 g/mol. The van der Waals surface area contributed by atoms with E-state index in [-0.39, 0.29) is 30.6 Å². The van der Waals surface area contributed by atoms with Crippen molar-refractivity contribution < 1.29 is 4.79 Å². The van der Waals surface area contributed by atoms with Gasteiger partial charge in [-0.1, -0.05) is 35.9 Å². The van der Waals surface area contributed by atoms with Crippen LogP contribution >= 0.6 is 0 Å². The zero-order chi connectivity index (χ0) is 20.1. The summed E-state index contributed by atoms with van der Waals surface area (Å²) in [6.45, 7) is 4.80. The number of carbonyl (C=O) groups is 1. The summed E-state index contributed by atoms with van der Waals surface area (Å²) in [6.07, 6.45) is 5.17. The molecule has 0 aliphatic carbocycles. The summed E-state index contributed by atoms with van der Waals surface area (Å²) in [5.41, 5.74) is 2.93. The molecule has 2 heterocycles. The molecule has 1 unspecified atom stereocenters. The number of benzene rings is 1. The Morgan fingerprint density at radius 2 is 1.93 bits per heavy atom. The average Bonchev–Trinajstić information content (AvgIpc) is 3.04. The molecule has 146 valence electrons. The van der Waals surface area contributed by atoms with E-state index < -0.39 is 0 Å². The molecular weight excluding hydrogens is 354 g/mol. The van der Waals surface area contributed by atoms with Crippen LogP contribution in [-0.2, 0) is 18.4 Å². The van der Waals surface area contributed by atoms with Crippen molar-refractivity contribution in [3.05, 3.63) is 82.3 Å². The lowest BCUT2D eigenvalue weighted by atomic mass is 9.97. The van der Waals surface area contributed by atoms with Crippen molar-refractivity contribution in [2.24, 2.45) is 7.05 Å². The Hall–Kier alpha value is -3.22. The van der Waals surface area contributed by atoms with E-state index in [0.717, 1.165) is 16.7 Å². The normalized spacial score (nSPS) is 12.0. The standard InChI is InChI=1S/C21H25N5O2/c1-4-25(19(27)11-13-26-21(28)24(3)15-23-26)20(18-6-5-12-22-14-18)17-9-7-16(2)8-10-17/h5-10,12,14-15,20H,4,11,13H2,1-3H3. The molecule has 7 nitrogen and oxygen atoms in total. The Labute approximate surface area is 164 Å². The highest BCUT2D eigenvalue weighted by atomic mass is 16.2. The maximum absolute atomic E-state index is 13.1. The molecule has 0 saturated heterocycles. The Balaban J connectivity index is 1.88. The summed E-state index contributed by atoms with van der Waals surface area (Å²) in [5.74, 6) is -0.0329. The van der Waals surface area contributed by atoms with E-state index >= 15 is 0 Å². The van der Waals surface area contributed by atoms with Crippen molar-refractivity contribution >= 4 is 5.91 Å². The molecule has 1 aromatic carbocycles. The highest BCUT2D eigenvalue weighted by molar-refractivity contribution is 5.77. The molecule has 3 rings (SSSR count). The van der Waals surface area contributed by atoms with E-state index in [1.165, 1.54) is 15.6 Å². The number of carbonyl (C=O) groups excluding carboxylic acids is 1. The molecule has 0 spiro atoms. The van der Waals surface area contributed by atoms with Gasteiger partial charge in [0.1, 0.15) is 6.33 Å². The largest absolute Gasteiger partial charge is 0.345 e. The minimum absolute atomic E-state index is 0.0329. The Morgan fingerprint density at radius 1 is 1.18 bits per heavy atom. The molecule has 0 bridgehead atoms. The predicted octanol–water partition coefficient (Wildman–Crippen LogP) is 2.31. The third-order valence-electron chi connectivity index (χ3n) is 4.79.